The van der Waals surface area contributed by atoms with Crippen LogP contribution >= 0.6 is 0 Å². The Morgan fingerprint density at radius 2 is 1.90 bits per heavy atom. The maximum atomic E-state index is 3.88. The second-order valence-corrected chi connectivity index (χ2v) is 6.00. The molecule has 0 saturated heterocycles. The predicted octanol–water partition coefficient (Wildman–Crippen LogP) is 3.17. The van der Waals surface area contributed by atoms with Crippen molar-refractivity contribution in [2.45, 2.75) is 44.2 Å². The molecule has 1 aliphatic carbocycles. The van der Waals surface area contributed by atoms with Crippen molar-refractivity contribution in [1.82, 2.24) is 0 Å². The highest BCUT2D eigenvalue weighted by molar-refractivity contribution is 6.64. The van der Waals surface area contributed by atoms with Crippen LogP contribution in [0.3, 0.4) is 0 Å². The molecule has 0 amide bonds. The van der Waals surface area contributed by atoms with Gasteiger partial charge in [-0.05, 0) is 5.54 Å². The second-order valence-electron chi connectivity index (χ2n) is 3.28. The molecule has 0 atom stereocenters. The number of hydrogen-bond acceptors (Lipinski definition) is 0. The zero-order valence-corrected chi connectivity index (χ0v) is 7.90. The molecule has 0 spiro atoms. The van der Waals surface area contributed by atoms with E-state index in [-0.39, 0.29) is 8.80 Å². The monoisotopic (exact) mass is 153 g/mol. The van der Waals surface area contributed by atoms with Crippen molar-refractivity contribution in [2.24, 2.45) is 0 Å². The van der Waals surface area contributed by atoms with Gasteiger partial charge in [-0.2, -0.15) is 0 Å². The standard InChI is InChI=1S/C9H17Si/c1-3-10(2)9-7-5-4-6-8-9/h3,9H,1,4-8H2,2H3. The zero-order chi connectivity index (χ0) is 7.40. The average Bonchev–Trinajstić information content (AvgIpc) is 2.05. The van der Waals surface area contributed by atoms with Crippen LogP contribution < -0.4 is 0 Å². The van der Waals surface area contributed by atoms with Crippen molar-refractivity contribution in [1.29, 1.82) is 0 Å². The first-order valence-electron chi connectivity index (χ1n) is 4.30. The largest absolute Gasteiger partial charge is 0.107 e. The summed E-state index contributed by atoms with van der Waals surface area (Å²) in [7, 11) is -0.166. The molecule has 1 radical (unpaired) electrons. The van der Waals surface area contributed by atoms with Crippen LogP contribution in [0.1, 0.15) is 32.1 Å². The minimum absolute atomic E-state index is 0.166. The van der Waals surface area contributed by atoms with Gasteiger partial charge in [-0.25, -0.2) is 0 Å². The Kier molecular flexibility index (Phi) is 3.20. The molecule has 0 aromatic rings. The van der Waals surface area contributed by atoms with Crippen LogP contribution in [0.5, 0.6) is 0 Å². The van der Waals surface area contributed by atoms with Crippen molar-refractivity contribution >= 4 is 8.80 Å². The highest BCUT2D eigenvalue weighted by Crippen LogP contribution is 2.31. The van der Waals surface area contributed by atoms with Crippen molar-refractivity contribution in [3.63, 3.8) is 0 Å². The summed E-state index contributed by atoms with van der Waals surface area (Å²) in [5.74, 6) is 0. The predicted molar refractivity (Wildman–Crippen MR) is 48.7 cm³/mol. The first kappa shape index (κ1) is 8.06. The summed E-state index contributed by atoms with van der Waals surface area (Å²) < 4.78 is 0. The van der Waals surface area contributed by atoms with Crippen LogP contribution in [-0.2, 0) is 0 Å². The van der Waals surface area contributed by atoms with Crippen molar-refractivity contribution < 1.29 is 0 Å². The minimum Gasteiger partial charge on any atom is -0.107 e. The van der Waals surface area contributed by atoms with E-state index in [1.807, 2.05) is 0 Å². The first-order valence-corrected chi connectivity index (χ1v) is 6.46. The SMILES string of the molecule is C=C[Si](C)C1CCCCC1. The molecule has 0 unspecified atom stereocenters. The molecule has 1 rings (SSSR count). The Bertz CT molecular complexity index is 103. The Labute approximate surface area is 65.9 Å². The summed E-state index contributed by atoms with van der Waals surface area (Å²) in [6.45, 7) is 6.28. The third-order valence-electron chi connectivity index (χ3n) is 2.57. The van der Waals surface area contributed by atoms with Crippen LogP contribution in [0.2, 0.25) is 12.1 Å². The summed E-state index contributed by atoms with van der Waals surface area (Å²) in [5.41, 5.74) is 3.26. The van der Waals surface area contributed by atoms with Gasteiger partial charge in [0.05, 0.1) is 8.80 Å². The van der Waals surface area contributed by atoms with E-state index in [4.69, 9.17) is 0 Å². The van der Waals surface area contributed by atoms with Crippen molar-refractivity contribution in [3.05, 3.63) is 12.3 Å². The molecule has 10 heavy (non-hydrogen) atoms. The van der Waals surface area contributed by atoms with Crippen LogP contribution in [0.15, 0.2) is 12.3 Å². The van der Waals surface area contributed by atoms with E-state index in [0.29, 0.717) is 0 Å². The lowest BCUT2D eigenvalue weighted by Gasteiger charge is -2.23. The van der Waals surface area contributed by atoms with Gasteiger partial charge >= 0.3 is 0 Å². The molecule has 0 aromatic carbocycles. The molecule has 1 aliphatic rings. The highest BCUT2D eigenvalue weighted by Gasteiger charge is 2.18. The Morgan fingerprint density at radius 1 is 1.30 bits per heavy atom. The highest BCUT2D eigenvalue weighted by atomic mass is 28.3. The van der Waals surface area contributed by atoms with Crippen molar-refractivity contribution in [3.8, 4) is 0 Å². The van der Waals surface area contributed by atoms with Gasteiger partial charge in [-0.3, -0.25) is 0 Å². The summed E-state index contributed by atoms with van der Waals surface area (Å²) in [4.78, 5) is 0. The van der Waals surface area contributed by atoms with E-state index in [9.17, 15) is 0 Å². The molecule has 0 N–H and O–H groups in total. The molecule has 0 nitrogen and oxygen atoms in total. The topological polar surface area (TPSA) is 0 Å². The lowest BCUT2D eigenvalue weighted by atomic mass is 10.0. The maximum absolute atomic E-state index is 3.88. The minimum atomic E-state index is -0.166. The normalized spacial score (nSPS) is 21.4. The quantitative estimate of drug-likeness (QED) is 0.535. The Hall–Kier alpha value is -0.0431. The van der Waals surface area contributed by atoms with Crippen LogP contribution in [0.4, 0.5) is 0 Å². The number of hydrogen-bond donors (Lipinski definition) is 0. The lowest BCUT2D eigenvalue weighted by Crippen LogP contribution is -2.16. The average molecular weight is 153 g/mol. The van der Waals surface area contributed by atoms with E-state index in [0.717, 1.165) is 5.54 Å². The van der Waals surface area contributed by atoms with E-state index < -0.39 is 0 Å². The van der Waals surface area contributed by atoms with Crippen LogP contribution in [0.25, 0.3) is 0 Å². The van der Waals surface area contributed by atoms with Gasteiger partial charge in [0.1, 0.15) is 0 Å². The molecular formula is C9H17Si. The summed E-state index contributed by atoms with van der Waals surface area (Å²) >= 11 is 0. The van der Waals surface area contributed by atoms with Gasteiger partial charge < -0.3 is 0 Å². The fraction of sp³-hybridized carbons (Fsp3) is 0.778. The Morgan fingerprint density at radius 3 is 2.40 bits per heavy atom. The molecule has 0 aromatic heterocycles. The number of rotatable bonds is 2. The van der Waals surface area contributed by atoms with Gasteiger partial charge in [-0.1, -0.05) is 38.7 Å². The summed E-state index contributed by atoms with van der Waals surface area (Å²) in [6.07, 6.45) is 7.39. The molecule has 1 fully saturated rings. The smallest absolute Gasteiger partial charge is 0.0750 e. The summed E-state index contributed by atoms with van der Waals surface area (Å²) in [5, 5.41) is 0. The fourth-order valence-electron chi connectivity index (χ4n) is 1.72. The molecule has 0 heterocycles. The van der Waals surface area contributed by atoms with Gasteiger partial charge in [0.25, 0.3) is 0 Å². The van der Waals surface area contributed by atoms with Crippen molar-refractivity contribution in [2.75, 3.05) is 0 Å². The maximum Gasteiger partial charge on any atom is 0.0750 e. The molecule has 0 aliphatic heterocycles. The third-order valence-corrected chi connectivity index (χ3v) is 5.08. The summed E-state index contributed by atoms with van der Waals surface area (Å²) in [6, 6.07) is 0. The molecule has 57 valence electrons. The fourth-order valence-corrected chi connectivity index (χ4v) is 3.38. The lowest BCUT2D eigenvalue weighted by molar-refractivity contribution is 0.498. The molecule has 0 bridgehead atoms. The van der Waals surface area contributed by atoms with Crippen LogP contribution in [-0.4, -0.2) is 8.80 Å². The van der Waals surface area contributed by atoms with E-state index >= 15 is 0 Å². The van der Waals surface area contributed by atoms with E-state index in [1.165, 1.54) is 32.1 Å². The van der Waals surface area contributed by atoms with Crippen LogP contribution in [0, 0.1) is 0 Å². The Balaban J connectivity index is 2.30. The second kappa shape index (κ2) is 3.97. The molecular weight excluding hydrogens is 136 g/mol. The third kappa shape index (κ3) is 1.98. The first-order chi connectivity index (χ1) is 4.84. The van der Waals surface area contributed by atoms with Gasteiger partial charge in [-0.15, -0.1) is 12.3 Å². The molecule has 1 saturated carbocycles. The van der Waals surface area contributed by atoms with Gasteiger partial charge in [0.2, 0.25) is 0 Å². The zero-order valence-electron chi connectivity index (χ0n) is 6.90. The van der Waals surface area contributed by atoms with Gasteiger partial charge in [0.15, 0.2) is 0 Å². The van der Waals surface area contributed by atoms with Gasteiger partial charge in [0, 0.05) is 0 Å². The van der Waals surface area contributed by atoms with E-state index in [2.05, 4.69) is 18.8 Å². The van der Waals surface area contributed by atoms with E-state index in [1.54, 1.807) is 0 Å². The molecule has 1 heteroatoms.